The molecule has 0 saturated carbocycles. The number of hydrogen-bond acceptors (Lipinski definition) is 3. The van der Waals surface area contributed by atoms with E-state index in [0.717, 1.165) is 19.4 Å². The number of rotatable bonds is 3. The van der Waals surface area contributed by atoms with Crippen molar-refractivity contribution in [3.05, 3.63) is 29.6 Å². The Morgan fingerprint density at radius 2 is 2.31 bits per heavy atom. The van der Waals surface area contributed by atoms with Crippen LogP contribution in [0.3, 0.4) is 0 Å². The van der Waals surface area contributed by atoms with E-state index < -0.39 is 5.82 Å². The minimum atomic E-state index is -0.414. The first kappa shape index (κ1) is 11.1. The lowest BCUT2D eigenvalue weighted by atomic mass is 10.1. The van der Waals surface area contributed by atoms with E-state index in [2.05, 4.69) is 0 Å². The molecule has 86 valence electrons. The molecule has 1 N–H and O–H groups in total. The first-order valence-electron chi connectivity index (χ1n) is 5.38. The molecular formula is C12H14FNO2. The number of anilines is 1. The summed E-state index contributed by atoms with van der Waals surface area (Å²) in [6, 6.07) is 4.31. The molecule has 1 aromatic carbocycles. The van der Waals surface area contributed by atoms with Crippen molar-refractivity contribution in [2.24, 2.45) is 0 Å². The second kappa shape index (κ2) is 4.61. The van der Waals surface area contributed by atoms with Gasteiger partial charge in [-0.05, 0) is 31.0 Å². The fourth-order valence-corrected chi connectivity index (χ4v) is 2.20. The molecule has 1 saturated heterocycles. The van der Waals surface area contributed by atoms with Crippen molar-refractivity contribution in [2.75, 3.05) is 18.1 Å². The summed E-state index contributed by atoms with van der Waals surface area (Å²) in [5, 5.41) is 9.19. The van der Waals surface area contributed by atoms with Crippen LogP contribution in [-0.4, -0.2) is 30.6 Å². The summed E-state index contributed by atoms with van der Waals surface area (Å²) in [5.74, 6) is -0.414. The van der Waals surface area contributed by atoms with E-state index in [1.54, 1.807) is 6.07 Å². The van der Waals surface area contributed by atoms with E-state index in [9.17, 15) is 14.3 Å². The minimum Gasteiger partial charge on any atom is -0.394 e. The Hall–Kier alpha value is -1.42. The quantitative estimate of drug-likeness (QED) is 0.791. The zero-order chi connectivity index (χ0) is 11.5. The molecule has 1 aromatic rings. The van der Waals surface area contributed by atoms with Crippen LogP contribution in [0.1, 0.15) is 23.2 Å². The molecule has 0 amide bonds. The van der Waals surface area contributed by atoms with Gasteiger partial charge in [0.05, 0.1) is 12.6 Å². The Labute approximate surface area is 93.5 Å². The number of aldehydes is 1. The minimum absolute atomic E-state index is 0.0429. The summed E-state index contributed by atoms with van der Waals surface area (Å²) in [7, 11) is 0. The van der Waals surface area contributed by atoms with Crippen LogP contribution in [-0.2, 0) is 0 Å². The van der Waals surface area contributed by atoms with Gasteiger partial charge in [0.15, 0.2) is 0 Å². The molecule has 1 atom stereocenters. The number of carbonyl (C=O) groups is 1. The topological polar surface area (TPSA) is 40.5 Å². The van der Waals surface area contributed by atoms with Gasteiger partial charge in [-0.15, -0.1) is 0 Å². The van der Waals surface area contributed by atoms with Crippen molar-refractivity contribution >= 4 is 12.0 Å². The van der Waals surface area contributed by atoms with Gasteiger partial charge in [-0.25, -0.2) is 4.39 Å². The lowest BCUT2D eigenvalue weighted by Crippen LogP contribution is -2.32. The predicted molar refractivity (Wildman–Crippen MR) is 59.2 cm³/mol. The molecule has 4 heteroatoms. The average molecular weight is 223 g/mol. The standard InChI is InChI=1S/C12H14FNO2/c13-10-4-9(7-15)5-12(6-10)14-3-1-2-11(14)8-16/h4-7,11,16H,1-3,8H2. The number of carbonyl (C=O) groups excluding carboxylic acids is 1. The summed E-state index contributed by atoms with van der Waals surface area (Å²) in [5.41, 5.74) is 1.01. The third kappa shape index (κ3) is 2.07. The molecule has 16 heavy (non-hydrogen) atoms. The average Bonchev–Trinajstić information content (AvgIpc) is 2.76. The van der Waals surface area contributed by atoms with Crippen LogP contribution in [0, 0.1) is 5.82 Å². The molecule has 1 unspecified atom stereocenters. The Morgan fingerprint density at radius 1 is 1.50 bits per heavy atom. The summed E-state index contributed by atoms with van der Waals surface area (Å²) < 4.78 is 13.3. The lowest BCUT2D eigenvalue weighted by Gasteiger charge is -2.25. The van der Waals surface area contributed by atoms with E-state index in [1.165, 1.54) is 12.1 Å². The van der Waals surface area contributed by atoms with Crippen LogP contribution in [0.2, 0.25) is 0 Å². The Balaban J connectivity index is 2.31. The van der Waals surface area contributed by atoms with Crippen LogP contribution in [0.15, 0.2) is 18.2 Å². The highest BCUT2D eigenvalue weighted by molar-refractivity contribution is 5.77. The maximum absolute atomic E-state index is 13.3. The maximum atomic E-state index is 13.3. The highest BCUT2D eigenvalue weighted by Gasteiger charge is 2.24. The number of aliphatic hydroxyl groups excluding tert-OH is 1. The van der Waals surface area contributed by atoms with E-state index in [0.29, 0.717) is 17.5 Å². The van der Waals surface area contributed by atoms with Gasteiger partial charge in [0, 0.05) is 17.8 Å². The van der Waals surface area contributed by atoms with Crippen molar-refractivity contribution in [2.45, 2.75) is 18.9 Å². The fourth-order valence-electron chi connectivity index (χ4n) is 2.20. The molecule has 2 rings (SSSR count). The van der Waals surface area contributed by atoms with Crippen molar-refractivity contribution in [3.8, 4) is 0 Å². The van der Waals surface area contributed by atoms with Gasteiger partial charge in [0.25, 0.3) is 0 Å². The molecule has 1 aliphatic heterocycles. The van der Waals surface area contributed by atoms with E-state index in [-0.39, 0.29) is 12.6 Å². The Morgan fingerprint density at radius 3 is 3.00 bits per heavy atom. The van der Waals surface area contributed by atoms with Crippen LogP contribution in [0.25, 0.3) is 0 Å². The Bertz CT molecular complexity index is 395. The smallest absolute Gasteiger partial charge is 0.150 e. The molecule has 0 aliphatic carbocycles. The van der Waals surface area contributed by atoms with Gasteiger partial charge in [0.2, 0.25) is 0 Å². The predicted octanol–water partition coefficient (Wildman–Crippen LogP) is 1.60. The molecule has 0 aromatic heterocycles. The van der Waals surface area contributed by atoms with Gasteiger partial charge >= 0.3 is 0 Å². The van der Waals surface area contributed by atoms with Crippen LogP contribution in [0.5, 0.6) is 0 Å². The highest BCUT2D eigenvalue weighted by atomic mass is 19.1. The van der Waals surface area contributed by atoms with Gasteiger partial charge in [-0.1, -0.05) is 0 Å². The Kier molecular flexibility index (Phi) is 3.19. The van der Waals surface area contributed by atoms with Crippen molar-refractivity contribution in [1.29, 1.82) is 0 Å². The van der Waals surface area contributed by atoms with Crippen molar-refractivity contribution in [1.82, 2.24) is 0 Å². The second-order valence-electron chi connectivity index (χ2n) is 4.03. The second-order valence-corrected chi connectivity index (χ2v) is 4.03. The third-order valence-electron chi connectivity index (χ3n) is 2.96. The molecule has 3 nitrogen and oxygen atoms in total. The monoisotopic (exact) mass is 223 g/mol. The zero-order valence-corrected chi connectivity index (χ0v) is 8.90. The number of aliphatic hydroxyl groups is 1. The number of nitrogens with zero attached hydrogens (tertiary/aromatic N) is 1. The van der Waals surface area contributed by atoms with E-state index in [4.69, 9.17) is 0 Å². The van der Waals surface area contributed by atoms with Gasteiger partial charge < -0.3 is 10.0 Å². The number of halogens is 1. The number of hydrogen-bond donors (Lipinski definition) is 1. The lowest BCUT2D eigenvalue weighted by molar-refractivity contribution is 0.112. The molecule has 0 bridgehead atoms. The fraction of sp³-hybridized carbons (Fsp3) is 0.417. The van der Waals surface area contributed by atoms with Crippen LogP contribution >= 0.6 is 0 Å². The zero-order valence-electron chi connectivity index (χ0n) is 8.90. The van der Waals surface area contributed by atoms with Gasteiger partial charge in [-0.3, -0.25) is 4.79 Å². The highest BCUT2D eigenvalue weighted by Crippen LogP contribution is 2.26. The first-order chi connectivity index (χ1) is 7.74. The molecule has 1 heterocycles. The largest absolute Gasteiger partial charge is 0.394 e. The molecule has 0 spiro atoms. The normalized spacial score (nSPS) is 20.1. The maximum Gasteiger partial charge on any atom is 0.150 e. The third-order valence-corrected chi connectivity index (χ3v) is 2.96. The summed E-state index contributed by atoms with van der Waals surface area (Å²) in [4.78, 5) is 12.6. The molecule has 1 aliphatic rings. The molecule has 0 radical (unpaired) electrons. The van der Waals surface area contributed by atoms with Crippen LogP contribution in [0.4, 0.5) is 10.1 Å². The van der Waals surface area contributed by atoms with Crippen molar-refractivity contribution < 1.29 is 14.3 Å². The van der Waals surface area contributed by atoms with E-state index in [1.807, 2.05) is 4.90 Å². The van der Waals surface area contributed by atoms with Crippen molar-refractivity contribution in [3.63, 3.8) is 0 Å². The van der Waals surface area contributed by atoms with Gasteiger partial charge in [-0.2, -0.15) is 0 Å². The summed E-state index contributed by atoms with van der Waals surface area (Å²) >= 11 is 0. The van der Waals surface area contributed by atoms with Crippen LogP contribution < -0.4 is 4.90 Å². The summed E-state index contributed by atoms with van der Waals surface area (Å²) in [6.45, 7) is 0.861. The molecule has 1 fully saturated rings. The number of benzene rings is 1. The van der Waals surface area contributed by atoms with E-state index >= 15 is 0 Å². The first-order valence-corrected chi connectivity index (χ1v) is 5.38. The SMILES string of the molecule is O=Cc1cc(F)cc(N2CCCC2CO)c1. The summed E-state index contributed by atoms with van der Waals surface area (Å²) in [6.07, 6.45) is 2.53. The van der Waals surface area contributed by atoms with Gasteiger partial charge in [0.1, 0.15) is 12.1 Å². The molecular weight excluding hydrogens is 209 g/mol.